The molecule has 0 saturated carbocycles. The minimum Gasteiger partial charge on any atom is -0.365 e. The summed E-state index contributed by atoms with van der Waals surface area (Å²) in [5.74, 6) is -0.769. The second kappa shape index (κ2) is 7.81. The van der Waals surface area contributed by atoms with Gasteiger partial charge in [-0.15, -0.1) is 0 Å². The van der Waals surface area contributed by atoms with Crippen LogP contribution in [0.5, 0.6) is 0 Å². The van der Waals surface area contributed by atoms with Crippen molar-refractivity contribution >= 4 is 37.4 Å². The standard InChI is InChI=1S/C17H19BrN2O3S/c1-13-6-8-16(9-7-13)24(22,23)12-19-17(21)11-20(2)15-5-3-4-14(18)10-15/h3-10H,11-12H2,1-2H3,(H,19,21). The molecular formula is C17H19BrN2O3S. The lowest BCUT2D eigenvalue weighted by Gasteiger charge is -2.19. The Morgan fingerprint density at radius 3 is 2.46 bits per heavy atom. The molecule has 0 atom stereocenters. The van der Waals surface area contributed by atoms with E-state index in [4.69, 9.17) is 0 Å². The Kier molecular flexibility index (Phi) is 6.01. The number of rotatable bonds is 6. The molecule has 2 aromatic rings. The molecule has 0 unspecified atom stereocenters. The zero-order chi connectivity index (χ0) is 17.7. The van der Waals surface area contributed by atoms with Crippen LogP contribution in [0.3, 0.4) is 0 Å². The van der Waals surface area contributed by atoms with Crippen LogP contribution < -0.4 is 10.2 Å². The molecule has 0 aromatic heterocycles. The van der Waals surface area contributed by atoms with Gasteiger partial charge in [0.15, 0.2) is 9.84 Å². The van der Waals surface area contributed by atoms with Gasteiger partial charge in [0.25, 0.3) is 0 Å². The molecule has 5 nitrogen and oxygen atoms in total. The number of nitrogens with zero attached hydrogens (tertiary/aromatic N) is 1. The van der Waals surface area contributed by atoms with E-state index in [2.05, 4.69) is 21.2 Å². The molecule has 7 heteroatoms. The van der Waals surface area contributed by atoms with Gasteiger partial charge in [-0.05, 0) is 37.3 Å². The van der Waals surface area contributed by atoms with Gasteiger partial charge in [0.2, 0.25) is 5.91 Å². The largest absolute Gasteiger partial charge is 0.365 e. The highest BCUT2D eigenvalue weighted by Gasteiger charge is 2.16. The maximum absolute atomic E-state index is 12.2. The number of carbonyl (C=O) groups excluding carboxylic acids is 1. The van der Waals surface area contributed by atoms with Crippen LogP contribution in [-0.4, -0.2) is 33.8 Å². The van der Waals surface area contributed by atoms with Crippen molar-refractivity contribution in [3.8, 4) is 0 Å². The third kappa shape index (κ3) is 5.07. The molecule has 0 radical (unpaired) electrons. The smallest absolute Gasteiger partial charge is 0.240 e. The fraction of sp³-hybridized carbons (Fsp3) is 0.235. The zero-order valence-corrected chi connectivity index (χ0v) is 15.9. The molecule has 0 aliphatic rings. The van der Waals surface area contributed by atoms with Crippen LogP contribution in [0, 0.1) is 6.92 Å². The van der Waals surface area contributed by atoms with Crippen molar-refractivity contribution in [1.82, 2.24) is 5.32 Å². The summed E-state index contributed by atoms with van der Waals surface area (Å²) in [7, 11) is -1.76. The highest BCUT2D eigenvalue weighted by Crippen LogP contribution is 2.18. The van der Waals surface area contributed by atoms with Gasteiger partial charge in [0.05, 0.1) is 11.4 Å². The van der Waals surface area contributed by atoms with E-state index in [0.29, 0.717) is 0 Å². The van der Waals surface area contributed by atoms with Crippen molar-refractivity contribution in [2.24, 2.45) is 0 Å². The molecule has 0 aliphatic carbocycles. The first kappa shape index (κ1) is 18.5. The van der Waals surface area contributed by atoms with E-state index < -0.39 is 15.7 Å². The first-order chi connectivity index (χ1) is 11.3. The lowest BCUT2D eigenvalue weighted by atomic mass is 10.2. The number of anilines is 1. The number of nitrogens with one attached hydrogen (secondary N) is 1. The molecule has 24 heavy (non-hydrogen) atoms. The van der Waals surface area contributed by atoms with E-state index in [9.17, 15) is 13.2 Å². The Bertz CT molecular complexity index is 820. The normalized spacial score (nSPS) is 11.1. The summed E-state index contributed by atoms with van der Waals surface area (Å²) in [4.78, 5) is 14.0. The van der Waals surface area contributed by atoms with Crippen LogP contribution in [0.1, 0.15) is 5.56 Å². The van der Waals surface area contributed by atoms with E-state index in [0.717, 1.165) is 15.7 Å². The second-order valence-corrected chi connectivity index (χ2v) is 8.41. The maximum atomic E-state index is 12.2. The van der Waals surface area contributed by atoms with Gasteiger partial charge >= 0.3 is 0 Å². The van der Waals surface area contributed by atoms with Crippen molar-refractivity contribution in [3.63, 3.8) is 0 Å². The van der Waals surface area contributed by atoms with Crippen LogP contribution in [-0.2, 0) is 14.6 Å². The van der Waals surface area contributed by atoms with Crippen LogP contribution in [0.2, 0.25) is 0 Å². The number of aryl methyl sites for hydroxylation is 1. The Morgan fingerprint density at radius 1 is 1.17 bits per heavy atom. The molecule has 2 aromatic carbocycles. The fourth-order valence-corrected chi connectivity index (χ4v) is 3.54. The SMILES string of the molecule is Cc1ccc(S(=O)(=O)CNC(=O)CN(C)c2cccc(Br)c2)cc1. The number of carbonyl (C=O) groups is 1. The topological polar surface area (TPSA) is 66.5 Å². The highest BCUT2D eigenvalue weighted by atomic mass is 79.9. The highest BCUT2D eigenvalue weighted by molar-refractivity contribution is 9.10. The molecule has 128 valence electrons. The molecule has 2 rings (SSSR count). The Hall–Kier alpha value is -1.86. The van der Waals surface area contributed by atoms with Gasteiger partial charge in [0, 0.05) is 17.2 Å². The molecule has 1 amide bonds. The van der Waals surface area contributed by atoms with Crippen LogP contribution in [0.25, 0.3) is 0 Å². The molecule has 1 N–H and O–H groups in total. The zero-order valence-electron chi connectivity index (χ0n) is 13.5. The monoisotopic (exact) mass is 410 g/mol. The number of amides is 1. The Labute approximate surface area is 150 Å². The van der Waals surface area contributed by atoms with Gasteiger partial charge in [-0.2, -0.15) is 0 Å². The van der Waals surface area contributed by atoms with Crippen molar-refractivity contribution < 1.29 is 13.2 Å². The van der Waals surface area contributed by atoms with Gasteiger partial charge in [-0.25, -0.2) is 8.42 Å². The van der Waals surface area contributed by atoms with Gasteiger partial charge in [-0.3, -0.25) is 4.79 Å². The summed E-state index contributed by atoms with van der Waals surface area (Å²) in [6, 6.07) is 14.1. The first-order valence-electron chi connectivity index (χ1n) is 7.31. The predicted octanol–water partition coefficient (Wildman–Crippen LogP) is 2.74. The molecule has 0 bridgehead atoms. The Morgan fingerprint density at radius 2 is 1.83 bits per heavy atom. The summed E-state index contributed by atoms with van der Waals surface area (Å²) >= 11 is 3.38. The Balaban J connectivity index is 1.94. The maximum Gasteiger partial charge on any atom is 0.240 e. The van der Waals surface area contributed by atoms with Crippen molar-refractivity contribution in [3.05, 3.63) is 58.6 Å². The van der Waals surface area contributed by atoms with E-state index in [1.807, 2.05) is 31.2 Å². The third-order valence-corrected chi connectivity index (χ3v) is 5.48. The number of likely N-dealkylation sites (N-methyl/N-ethyl adjacent to an activating group) is 1. The minimum atomic E-state index is -3.54. The summed E-state index contributed by atoms with van der Waals surface area (Å²) in [6.45, 7) is 1.95. The number of sulfone groups is 1. The van der Waals surface area contributed by atoms with E-state index in [1.54, 1.807) is 36.2 Å². The number of hydrogen-bond donors (Lipinski definition) is 1. The quantitative estimate of drug-likeness (QED) is 0.794. The van der Waals surface area contributed by atoms with E-state index in [-0.39, 0.29) is 17.3 Å². The summed E-state index contributed by atoms with van der Waals surface area (Å²) in [5.41, 5.74) is 1.84. The van der Waals surface area contributed by atoms with Crippen molar-refractivity contribution in [1.29, 1.82) is 0 Å². The third-order valence-electron chi connectivity index (χ3n) is 3.47. The molecule has 0 fully saturated rings. The van der Waals surface area contributed by atoms with Crippen molar-refractivity contribution in [2.75, 3.05) is 24.4 Å². The average Bonchev–Trinajstić information content (AvgIpc) is 2.53. The van der Waals surface area contributed by atoms with Crippen LogP contribution in [0.4, 0.5) is 5.69 Å². The molecule has 0 saturated heterocycles. The minimum absolute atomic E-state index is 0.0693. The summed E-state index contributed by atoms with van der Waals surface area (Å²) < 4.78 is 25.3. The molecule has 0 spiro atoms. The van der Waals surface area contributed by atoms with E-state index >= 15 is 0 Å². The number of halogens is 1. The van der Waals surface area contributed by atoms with Crippen LogP contribution in [0.15, 0.2) is 57.9 Å². The molecule has 0 heterocycles. The summed E-state index contributed by atoms with van der Waals surface area (Å²) in [5, 5.41) is 2.47. The number of benzene rings is 2. The average molecular weight is 411 g/mol. The summed E-state index contributed by atoms with van der Waals surface area (Å²) in [6.07, 6.45) is 0. The van der Waals surface area contributed by atoms with Crippen LogP contribution >= 0.6 is 15.9 Å². The molecule has 0 aliphatic heterocycles. The van der Waals surface area contributed by atoms with Crippen molar-refractivity contribution in [2.45, 2.75) is 11.8 Å². The van der Waals surface area contributed by atoms with Gasteiger partial charge < -0.3 is 10.2 Å². The second-order valence-electron chi connectivity index (χ2n) is 5.51. The fourth-order valence-electron chi connectivity index (χ4n) is 2.08. The van der Waals surface area contributed by atoms with Gasteiger partial charge in [-0.1, -0.05) is 39.7 Å². The lowest BCUT2D eigenvalue weighted by Crippen LogP contribution is -2.37. The number of hydrogen-bond acceptors (Lipinski definition) is 4. The first-order valence-corrected chi connectivity index (χ1v) is 9.75. The lowest BCUT2D eigenvalue weighted by molar-refractivity contribution is -0.119. The molecular weight excluding hydrogens is 392 g/mol. The van der Waals surface area contributed by atoms with Gasteiger partial charge in [0.1, 0.15) is 5.88 Å². The van der Waals surface area contributed by atoms with E-state index in [1.165, 1.54) is 0 Å². The predicted molar refractivity (Wildman–Crippen MR) is 98.8 cm³/mol.